The molecule has 2 fully saturated rings. The third-order valence-electron chi connectivity index (χ3n) is 7.90. The number of amidine groups is 1. The van der Waals surface area contributed by atoms with Crippen LogP contribution in [0.15, 0.2) is 108 Å². The number of pyridine rings is 1. The lowest BCUT2D eigenvalue weighted by atomic mass is 10.1. The summed E-state index contributed by atoms with van der Waals surface area (Å²) >= 11 is 1.40. The second-order valence-electron chi connectivity index (χ2n) is 11.3. The van der Waals surface area contributed by atoms with E-state index in [-0.39, 0.29) is 24.1 Å². The summed E-state index contributed by atoms with van der Waals surface area (Å²) in [7, 11) is 0. The molecule has 2 saturated heterocycles. The number of thioether (sulfide) groups is 1. The Bertz CT molecular complexity index is 1710. The predicted molar refractivity (Wildman–Crippen MR) is 185 cm³/mol. The molecule has 2 aliphatic heterocycles. The Morgan fingerprint density at radius 2 is 1.68 bits per heavy atom. The molecule has 47 heavy (non-hydrogen) atoms. The number of rotatable bonds is 10. The van der Waals surface area contributed by atoms with Crippen molar-refractivity contribution >= 4 is 51.7 Å². The minimum Gasteiger partial charge on any atom is -0.378 e. The number of aliphatic imine (C=N–C) groups is 1. The maximum absolute atomic E-state index is 13.8. The standard InChI is InChI=1S/C36H36N6O4S/c1-25(38-32(43)23-26-7-3-2-4-8-26)34(44)39-28-12-10-27(11-13-28)33-35(45)42(24-30-9-5-6-18-37-30)36(47-33)40-29-14-16-31(17-15-29)41-19-21-46-22-20-41/h2-18,25,33H,19-24H2,1H3,(H,38,43)(H,39,44)/t25-,33?/m1/s1. The van der Waals surface area contributed by atoms with Crippen LogP contribution in [-0.4, -0.2) is 65.1 Å². The summed E-state index contributed by atoms with van der Waals surface area (Å²) in [4.78, 5) is 52.4. The topological polar surface area (TPSA) is 116 Å². The van der Waals surface area contributed by atoms with E-state index < -0.39 is 11.3 Å². The Morgan fingerprint density at radius 1 is 0.957 bits per heavy atom. The van der Waals surface area contributed by atoms with E-state index in [9.17, 15) is 14.4 Å². The lowest BCUT2D eigenvalue weighted by Crippen LogP contribution is -2.42. The number of carbonyl (C=O) groups excluding carboxylic acids is 3. The molecule has 3 amide bonds. The summed E-state index contributed by atoms with van der Waals surface area (Å²) in [6, 6.07) is 29.5. The van der Waals surface area contributed by atoms with Crippen molar-refractivity contribution in [3.05, 3.63) is 120 Å². The second-order valence-corrected chi connectivity index (χ2v) is 12.4. The SMILES string of the molecule is C[C@@H](NC(=O)Cc1ccccc1)C(=O)Nc1ccc(C2SC(=Nc3ccc(N4CCOCC4)cc3)N(Cc3ccccn3)C2=O)cc1. The molecule has 10 nitrogen and oxygen atoms in total. The van der Waals surface area contributed by atoms with Crippen molar-refractivity contribution in [1.82, 2.24) is 15.2 Å². The van der Waals surface area contributed by atoms with E-state index in [1.165, 1.54) is 11.8 Å². The molecule has 11 heteroatoms. The Hall–Kier alpha value is -5.00. The Morgan fingerprint density at radius 3 is 2.38 bits per heavy atom. The predicted octanol–water partition coefficient (Wildman–Crippen LogP) is 5.11. The van der Waals surface area contributed by atoms with Gasteiger partial charge < -0.3 is 20.3 Å². The van der Waals surface area contributed by atoms with Gasteiger partial charge in [-0.15, -0.1) is 0 Å². The summed E-state index contributed by atoms with van der Waals surface area (Å²) in [6.07, 6.45) is 1.91. The molecule has 3 heterocycles. The van der Waals surface area contributed by atoms with Crippen molar-refractivity contribution in [2.24, 2.45) is 4.99 Å². The zero-order valence-corrected chi connectivity index (χ0v) is 26.9. The van der Waals surface area contributed by atoms with Crippen LogP contribution in [0, 0.1) is 0 Å². The average Bonchev–Trinajstić information content (AvgIpc) is 3.40. The summed E-state index contributed by atoms with van der Waals surface area (Å²) in [5.74, 6) is -0.649. The molecule has 2 N–H and O–H groups in total. The number of nitrogens with zero attached hydrogens (tertiary/aromatic N) is 4. The van der Waals surface area contributed by atoms with Gasteiger partial charge in [0.05, 0.1) is 37.6 Å². The van der Waals surface area contributed by atoms with E-state index >= 15 is 0 Å². The van der Waals surface area contributed by atoms with Gasteiger partial charge in [-0.05, 0) is 66.6 Å². The maximum atomic E-state index is 13.8. The first kappa shape index (κ1) is 32.0. The van der Waals surface area contributed by atoms with Crippen molar-refractivity contribution < 1.29 is 19.1 Å². The summed E-state index contributed by atoms with van der Waals surface area (Å²) in [6.45, 7) is 5.08. The van der Waals surface area contributed by atoms with Crippen molar-refractivity contribution in [3.63, 3.8) is 0 Å². The third kappa shape index (κ3) is 8.24. The third-order valence-corrected chi connectivity index (χ3v) is 9.13. The van der Waals surface area contributed by atoms with Crippen LogP contribution in [0.25, 0.3) is 0 Å². The van der Waals surface area contributed by atoms with Crippen LogP contribution in [-0.2, 0) is 32.1 Å². The van der Waals surface area contributed by atoms with E-state index in [2.05, 4.69) is 32.7 Å². The molecular weight excluding hydrogens is 613 g/mol. The fourth-order valence-corrected chi connectivity index (χ4v) is 6.52. The van der Waals surface area contributed by atoms with Crippen molar-refractivity contribution in [2.45, 2.75) is 31.2 Å². The highest BCUT2D eigenvalue weighted by atomic mass is 32.2. The van der Waals surface area contributed by atoms with Gasteiger partial charge in [-0.1, -0.05) is 60.3 Å². The molecule has 0 aliphatic carbocycles. The minimum atomic E-state index is -0.722. The molecule has 1 unspecified atom stereocenters. The Labute approximate surface area is 278 Å². The van der Waals surface area contributed by atoms with E-state index in [0.717, 1.165) is 41.3 Å². The zero-order chi connectivity index (χ0) is 32.6. The summed E-state index contributed by atoms with van der Waals surface area (Å²) in [5, 5.41) is 5.69. The van der Waals surface area contributed by atoms with Crippen LogP contribution in [0.1, 0.15) is 29.0 Å². The number of carbonyl (C=O) groups is 3. The average molecular weight is 649 g/mol. The molecule has 0 radical (unpaired) electrons. The fraction of sp³-hybridized carbons (Fsp3) is 0.250. The molecule has 1 aromatic heterocycles. The monoisotopic (exact) mass is 648 g/mol. The Kier molecular flexibility index (Phi) is 10.2. The number of aromatic nitrogens is 1. The molecule has 0 spiro atoms. The van der Waals surface area contributed by atoms with Gasteiger partial charge in [0.2, 0.25) is 17.7 Å². The van der Waals surface area contributed by atoms with Crippen LogP contribution in [0.4, 0.5) is 17.1 Å². The largest absolute Gasteiger partial charge is 0.378 e. The zero-order valence-electron chi connectivity index (χ0n) is 26.0. The normalized spacial score (nSPS) is 17.9. The van der Waals surface area contributed by atoms with Gasteiger partial charge in [0.15, 0.2) is 5.17 Å². The van der Waals surface area contributed by atoms with Crippen molar-refractivity contribution in [3.8, 4) is 0 Å². The van der Waals surface area contributed by atoms with Crippen LogP contribution in [0.5, 0.6) is 0 Å². The molecule has 0 bridgehead atoms. The van der Waals surface area contributed by atoms with Gasteiger partial charge in [-0.25, -0.2) is 4.99 Å². The molecular formula is C36H36N6O4S. The number of anilines is 2. The van der Waals surface area contributed by atoms with E-state index in [0.29, 0.717) is 30.6 Å². The number of ether oxygens (including phenoxy) is 1. The lowest BCUT2D eigenvalue weighted by molar-refractivity contribution is -0.126. The van der Waals surface area contributed by atoms with Gasteiger partial charge in [0.25, 0.3) is 0 Å². The van der Waals surface area contributed by atoms with Crippen LogP contribution in [0.2, 0.25) is 0 Å². The number of amides is 3. The number of hydrogen-bond donors (Lipinski definition) is 2. The highest BCUT2D eigenvalue weighted by Gasteiger charge is 2.39. The molecule has 2 aliphatic rings. The summed E-state index contributed by atoms with van der Waals surface area (Å²) in [5.41, 5.74) is 4.87. The van der Waals surface area contributed by atoms with Crippen LogP contribution < -0.4 is 15.5 Å². The molecule has 240 valence electrons. The number of benzene rings is 3. The highest BCUT2D eigenvalue weighted by Crippen LogP contribution is 2.41. The summed E-state index contributed by atoms with van der Waals surface area (Å²) < 4.78 is 5.47. The molecule has 4 aromatic rings. The van der Waals surface area contributed by atoms with Gasteiger partial charge >= 0.3 is 0 Å². The van der Waals surface area contributed by atoms with E-state index in [4.69, 9.17) is 9.73 Å². The van der Waals surface area contributed by atoms with Gasteiger partial charge in [0, 0.05) is 30.7 Å². The first-order chi connectivity index (χ1) is 22.9. The maximum Gasteiger partial charge on any atom is 0.247 e. The fourth-order valence-electron chi connectivity index (χ4n) is 5.35. The van der Waals surface area contributed by atoms with E-state index in [1.54, 1.807) is 30.2 Å². The Balaban J connectivity index is 1.13. The van der Waals surface area contributed by atoms with Crippen molar-refractivity contribution in [2.75, 3.05) is 36.5 Å². The smallest absolute Gasteiger partial charge is 0.247 e. The number of hydrogen-bond acceptors (Lipinski definition) is 8. The first-order valence-electron chi connectivity index (χ1n) is 15.6. The van der Waals surface area contributed by atoms with Gasteiger partial charge in [-0.2, -0.15) is 0 Å². The van der Waals surface area contributed by atoms with Crippen LogP contribution >= 0.6 is 11.8 Å². The first-order valence-corrected chi connectivity index (χ1v) is 16.4. The lowest BCUT2D eigenvalue weighted by Gasteiger charge is -2.28. The second kappa shape index (κ2) is 15.1. The molecule has 3 aromatic carbocycles. The minimum absolute atomic E-state index is 0.0872. The van der Waals surface area contributed by atoms with E-state index in [1.807, 2.05) is 72.8 Å². The van der Waals surface area contributed by atoms with Crippen LogP contribution in [0.3, 0.4) is 0 Å². The van der Waals surface area contributed by atoms with Crippen molar-refractivity contribution in [1.29, 1.82) is 0 Å². The molecule has 2 atom stereocenters. The van der Waals surface area contributed by atoms with Gasteiger partial charge in [-0.3, -0.25) is 24.3 Å². The molecule has 0 saturated carbocycles. The number of morpholine rings is 1. The molecule has 6 rings (SSSR count). The quantitative estimate of drug-likeness (QED) is 0.246. The number of nitrogens with one attached hydrogen (secondary N) is 2. The van der Waals surface area contributed by atoms with Gasteiger partial charge in [0.1, 0.15) is 11.3 Å². The highest BCUT2D eigenvalue weighted by molar-refractivity contribution is 8.15.